The van der Waals surface area contributed by atoms with Gasteiger partial charge in [-0.15, -0.1) is 0 Å². The molecule has 7 heteroatoms. The molecule has 1 N–H and O–H groups in total. The van der Waals surface area contributed by atoms with E-state index in [1.807, 2.05) is 0 Å². The van der Waals surface area contributed by atoms with Gasteiger partial charge in [0.1, 0.15) is 5.82 Å². The van der Waals surface area contributed by atoms with Crippen molar-refractivity contribution < 1.29 is 14.0 Å². The van der Waals surface area contributed by atoms with E-state index in [0.717, 1.165) is 26.1 Å². The lowest BCUT2D eigenvalue weighted by molar-refractivity contribution is -0.126. The van der Waals surface area contributed by atoms with Crippen LogP contribution in [0.3, 0.4) is 0 Å². The van der Waals surface area contributed by atoms with Crippen molar-refractivity contribution in [2.75, 3.05) is 37.6 Å². The highest BCUT2D eigenvalue weighted by molar-refractivity contribution is 6.31. The average Bonchev–Trinajstić information content (AvgIpc) is 3.23. The third kappa shape index (κ3) is 4.50. The van der Waals surface area contributed by atoms with Gasteiger partial charge in [0.15, 0.2) is 0 Å². The lowest BCUT2D eigenvalue weighted by Gasteiger charge is -2.17. The van der Waals surface area contributed by atoms with Crippen LogP contribution in [0.1, 0.15) is 25.7 Å². The van der Waals surface area contributed by atoms with E-state index in [4.69, 9.17) is 11.6 Å². The molecule has 136 valence electrons. The number of hydrogen-bond donors (Lipinski definition) is 1. The van der Waals surface area contributed by atoms with Gasteiger partial charge in [-0.2, -0.15) is 0 Å². The lowest BCUT2D eigenvalue weighted by atomic mass is 10.1. The molecule has 0 bridgehead atoms. The topological polar surface area (TPSA) is 52.7 Å². The molecule has 1 unspecified atom stereocenters. The summed E-state index contributed by atoms with van der Waals surface area (Å²) in [5.74, 6) is -1.13. The summed E-state index contributed by atoms with van der Waals surface area (Å²) in [6, 6.07) is 4.16. The Morgan fingerprint density at radius 2 is 2.08 bits per heavy atom. The standard InChI is InChI=1S/C18H23ClFN3O2/c19-15-11-14(4-5-16(15)20)23-12-13(10-17(23)24)18(25)21-6-3-9-22-7-1-2-8-22/h4-5,11,13H,1-3,6-10,12H2,(H,21,25). The van der Waals surface area contributed by atoms with Crippen LogP contribution in [0.4, 0.5) is 10.1 Å². The van der Waals surface area contributed by atoms with Gasteiger partial charge < -0.3 is 15.1 Å². The number of anilines is 1. The van der Waals surface area contributed by atoms with E-state index in [-0.39, 0.29) is 29.2 Å². The Balaban J connectivity index is 1.47. The minimum Gasteiger partial charge on any atom is -0.356 e. The average molecular weight is 368 g/mol. The van der Waals surface area contributed by atoms with Crippen molar-refractivity contribution in [2.45, 2.75) is 25.7 Å². The molecule has 2 aliphatic heterocycles. The van der Waals surface area contributed by atoms with Crippen molar-refractivity contribution in [1.29, 1.82) is 0 Å². The largest absolute Gasteiger partial charge is 0.356 e. The summed E-state index contributed by atoms with van der Waals surface area (Å²) in [6.07, 6.45) is 3.62. The Kier molecular flexibility index (Phi) is 5.91. The van der Waals surface area contributed by atoms with Crippen LogP contribution < -0.4 is 10.2 Å². The van der Waals surface area contributed by atoms with Crippen LogP contribution in [0.15, 0.2) is 18.2 Å². The summed E-state index contributed by atoms with van der Waals surface area (Å²) in [7, 11) is 0. The summed E-state index contributed by atoms with van der Waals surface area (Å²) in [4.78, 5) is 28.4. The fourth-order valence-electron chi connectivity index (χ4n) is 3.45. The number of nitrogens with one attached hydrogen (secondary N) is 1. The number of benzene rings is 1. The zero-order valence-electron chi connectivity index (χ0n) is 14.1. The molecule has 2 heterocycles. The summed E-state index contributed by atoms with van der Waals surface area (Å²) < 4.78 is 13.3. The number of amides is 2. The molecular formula is C18H23ClFN3O2. The summed E-state index contributed by atoms with van der Waals surface area (Å²) in [6.45, 7) is 4.24. The van der Waals surface area contributed by atoms with Gasteiger partial charge in [0.25, 0.3) is 0 Å². The van der Waals surface area contributed by atoms with Gasteiger partial charge >= 0.3 is 0 Å². The summed E-state index contributed by atoms with van der Waals surface area (Å²) >= 11 is 5.78. The lowest BCUT2D eigenvalue weighted by Crippen LogP contribution is -2.34. The Morgan fingerprint density at radius 3 is 2.80 bits per heavy atom. The number of nitrogens with zero attached hydrogens (tertiary/aromatic N) is 2. The Hall–Kier alpha value is -1.66. The fourth-order valence-corrected chi connectivity index (χ4v) is 3.63. The third-order valence-corrected chi connectivity index (χ3v) is 5.15. The van der Waals surface area contributed by atoms with E-state index < -0.39 is 5.82 Å². The van der Waals surface area contributed by atoms with Crippen LogP contribution in [0, 0.1) is 11.7 Å². The van der Waals surface area contributed by atoms with Gasteiger partial charge in [0.2, 0.25) is 11.8 Å². The van der Waals surface area contributed by atoms with Crippen molar-refractivity contribution in [3.05, 3.63) is 29.0 Å². The molecule has 25 heavy (non-hydrogen) atoms. The highest BCUT2D eigenvalue weighted by Crippen LogP contribution is 2.28. The molecule has 1 aromatic rings. The first kappa shape index (κ1) is 18.1. The second kappa shape index (κ2) is 8.15. The number of carbonyl (C=O) groups is 2. The molecule has 0 spiro atoms. The van der Waals surface area contributed by atoms with Gasteiger partial charge in [0.05, 0.1) is 10.9 Å². The Bertz CT molecular complexity index is 649. The molecule has 2 aliphatic rings. The van der Waals surface area contributed by atoms with Gasteiger partial charge in [0, 0.05) is 25.2 Å². The molecule has 0 aromatic heterocycles. The van der Waals surface area contributed by atoms with Crippen molar-refractivity contribution in [2.24, 2.45) is 5.92 Å². The molecule has 3 rings (SSSR count). The van der Waals surface area contributed by atoms with Crippen LogP contribution in [-0.4, -0.2) is 49.4 Å². The third-order valence-electron chi connectivity index (χ3n) is 4.86. The molecule has 5 nitrogen and oxygen atoms in total. The molecule has 1 aromatic carbocycles. The zero-order chi connectivity index (χ0) is 17.8. The smallest absolute Gasteiger partial charge is 0.227 e. The van der Waals surface area contributed by atoms with Crippen LogP contribution >= 0.6 is 11.6 Å². The fraction of sp³-hybridized carbons (Fsp3) is 0.556. The van der Waals surface area contributed by atoms with E-state index in [1.54, 1.807) is 0 Å². The van der Waals surface area contributed by atoms with Crippen LogP contribution in [-0.2, 0) is 9.59 Å². The molecule has 0 aliphatic carbocycles. The van der Waals surface area contributed by atoms with Gasteiger partial charge in [-0.25, -0.2) is 4.39 Å². The quantitative estimate of drug-likeness (QED) is 0.786. The predicted octanol–water partition coefficient (Wildman–Crippen LogP) is 2.43. The highest BCUT2D eigenvalue weighted by Gasteiger charge is 2.35. The predicted molar refractivity (Wildman–Crippen MR) is 95.2 cm³/mol. The minimum absolute atomic E-state index is 0.0277. The highest BCUT2D eigenvalue weighted by atomic mass is 35.5. The Morgan fingerprint density at radius 1 is 1.32 bits per heavy atom. The number of halogens is 2. The second-order valence-corrected chi connectivity index (χ2v) is 7.10. The molecular weight excluding hydrogens is 345 g/mol. The normalized spacial score (nSPS) is 21.1. The van der Waals surface area contributed by atoms with Crippen LogP contribution in [0.25, 0.3) is 0 Å². The van der Waals surface area contributed by atoms with E-state index >= 15 is 0 Å². The maximum atomic E-state index is 13.3. The summed E-state index contributed by atoms with van der Waals surface area (Å²) in [5, 5.41) is 2.90. The first-order chi connectivity index (χ1) is 12.0. The first-order valence-corrected chi connectivity index (χ1v) is 9.18. The van der Waals surface area contributed by atoms with Crippen molar-refractivity contribution in [3.8, 4) is 0 Å². The second-order valence-electron chi connectivity index (χ2n) is 6.70. The van der Waals surface area contributed by atoms with Gasteiger partial charge in [-0.05, 0) is 57.1 Å². The van der Waals surface area contributed by atoms with Crippen LogP contribution in [0.5, 0.6) is 0 Å². The van der Waals surface area contributed by atoms with Gasteiger partial charge in [-0.1, -0.05) is 11.6 Å². The van der Waals surface area contributed by atoms with Crippen LogP contribution in [0.2, 0.25) is 5.02 Å². The first-order valence-electron chi connectivity index (χ1n) is 8.80. The number of carbonyl (C=O) groups excluding carboxylic acids is 2. The van der Waals surface area contributed by atoms with E-state index in [1.165, 1.54) is 35.9 Å². The molecule has 2 fully saturated rings. The number of likely N-dealkylation sites (tertiary alicyclic amines) is 1. The summed E-state index contributed by atoms with van der Waals surface area (Å²) in [5.41, 5.74) is 0.528. The molecule has 0 saturated carbocycles. The minimum atomic E-state index is -0.524. The number of hydrogen-bond acceptors (Lipinski definition) is 3. The van der Waals surface area contributed by atoms with E-state index in [9.17, 15) is 14.0 Å². The van der Waals surface area contributed by atoms with Gasteiger partial charge in [-0.3, -0.25) is 9.59 Å². The van der Waals surface area contributed by atoms with Crippen molar-refractivity contribution in [3.63, 3.8) is 0 Å². The van der Waals surface area contributed by atoms with Crippen molar-refractivity contribution in [1.82, 2.24) is 10.2 Å². The molecule has 1 atom stereocenters. The Labute approximate surface area is 152 Å². The van der Waals surface area contributed by atoms with E-state index in [0.29, 0.717) is 18.8 Å². The zero-order valence-corrected chi connectivity index (χ0v) is 14.9. The molecule has 0 radical (unpaired) electrons. The monoisotopic (exact) mass is 367 g/mol. The molecule has 2 saturated heterocycles. The maximum absolute atomic E-state index is 13.3. The van der Waals surface area contributed by atoms with Crippen molar-refractivity contribution >= 4 is 29.1 Å². The molecule has 2 amide bonds. The SMILES string of the molecule is O=C(NCCCN1CCCC1)C1CC(=O)N(c2ccc(F)c(Cl)c2)C1. The maximum Gasteiger partial charge on any atom is 0.227 e. The number of rotatable bonds is 6. The van der Waals surface area contributed by atoms with E-state index in [2.05, 4.69) is 10.2 Å².